The summed E-state index contributed by atoms with van der Waals surface area (Å²) in [4.78, 5) is 10.5. The largest absolute Gasteiger partial charge is 1.00 e. The zero-order valence-corrected chi connectivity index (χ0v) is 9.04. The molecule has 0 fully saturated rings. The van der Waals surface area contributed by atoms with Crippen molar-refractivity contribution < 1.29 is 42.8 Å². The van der Waals surface area contributed by atoms with Gasteiger partial charge in [-0.1, -0.05) is 0 Å². The van der Waals surface area contributed by atoms with Crippen LogP contribution in [-0.4, -0.2) is 36.3 Å². The first kappa shape index (κ1) is 14.7. The van der Waals surface area contributed by atoms with Crippen LogP contribution in [0.3, 0.4) is 0 Å². The first-order valence-electron chi connectivity index (χ1n) is 2.95. The van der Waals surface area contributed by atoms with Crippen LogP contribution in [0.5, 0.6) is 0 Å². The summed E-state index contributed by atoms with van der Waals surface area (Å²) >= 11 is 0. The predicted molar refractivity (Wildman–Crippen MR) is 39.7 cm³/mol. The molecule has 0 aliphatic carbocycles. The normalized spacial score (nSPS) is 10.3. The summed E-state index contributed by atoms with van der Waals surface area (Å²) in [5.41, 5.74) is 0. The van der Waals surface area contributed by atoms with E-state index in [2.05, 4.69) is 0 Å². The van der Waals surface area contributed by atoms with Crippen molar-refractivity contribution in [2.75, 3.05) is 21.3 Å². The third kappa shape index (κ3) is 4.25. The maximum Gasteiger partial charge on any atom is 1.00 e. The molecule has 0 amide bonds. The van der Waals surface area contributed by atoms with Gasteiger partial charge in [-0.2, -0.15) is 0 Å². The summed E-state index contributed by atoms with van der Waals surface area (Å²) < 4.78 is 19.1. The fraction of sp³-hybridized carbons (Fsp3) is 0.800. The molecule has 0 aromatic rings. The van der Waals surface area contributed by atoms with E-state index in [0.29, 0.717) is 0 Å². The van der Waals surface area contributed by atoms with E-state index in [1.165, 1.54) is 28.3 Å². The second-order valence-electron chi connectivity index (χ2n) is 1.71. The van der Waals surface area contributed by atoms with E-state index in [1.54, 1.807) is 0 Å². The number of rotatable bonds is 4. The number of hydrogen-bond acceptors (Lipinski definition) is 5. The maximum absolute atomic E-state index is 10.5. The number of carbonyl (C=O) groups excluding carboxylic acids is 1. The monoisotopic (exact) mass is 188 g/mol. The van der Waals surface area contributed by atoms with E-state index in [0.717, 1.165) is 0 Å². The summed E-state index contributed by atoms with van der Waals surface area (Å²) in [7, 11) is 0.960. The summed E-state index contributed by atoms with van der Waals surface area (Å²) in [5.74, 6) is -0.484. The number of hydrogen-bond donors (Lipinski definition) is 0. The Hall–Kier alpha value is 0.164. The minimum absolute atomic E-state index is 0. The smallest absolute Gasteiger partial charge is 1.00 e. The molecule has 0 aromatic heterocycles. The Morgan fingerprint density at radius 2 is 1.50 bits per heavy atom. The van der Waals surface area contributed by atoms with Crippen LogP contribution in [0, 0.1) is 0 Å². The summed E-state index contributed by atoms with van der Waals surface area (Å²) in [6.07, 6.45) is 0. The Bertz CT molecular complexity index is 135. The Morgan fingerprint density at radius 3 is 1.58 bits per heavy atom. The molecule has 0 saturated carbocycles. The van der Waals surface area contributed by atoms with Crippen molar-refractivity contribution in [3.05, 3.63) is 0 Å². The van der Waals surface area contributed by atoms with Crippen LogP contribution in [-0.2, 0) is 22.5 Å². The molecule has 12 heavy (non-hydrogen) atoms. The van der Waals surface area contributed by atoms with E-state index in [9.17, 15) is 4.79 Å². The molecule has 0 spiro atoms. The Labute approximate surface area is 86.5 Å². The van der Waals surface area contributed by atoms with Gasteiger partial charge < -0.3 is 19.1 Å². The van der Waals surface area contributed by atoms with Crippen molar-refractivity contribution in [1.82, 2.24) is 0 Å². The molecule has 68 valence electrons. The molecule has 5 nitrogen and oxygen atoms in total. The van der Waals surface area contributed by atoms with Crippen molar-refractivity contribution in [1.29, 1.82) is 0 Å². The molecular weight excluding hydrogens is 175 g/mol. The topological polar surface area (TPSA) is 54.0 Å². The van der Waals surface area contributed by atoms with Gasteiger partial charge in [0.2, 0.25) is 0 Å². The van der Waals surface area contributed by atoms with Crippen LogP contribution >= 0.6 is 0 Å². The van der Waals surface area contributed by atoms with E-state index in [-0.39, 0.29) is 20.3 Å². The minimum atomic E-state index is -3.13. The quantitative estimate of drug-likeness (QED) is 0.441. The molecular formula is C5H13LiO5Si. The third-order valence-electron chi connectivity index (χ3n) is 1.02. The second kappa shape index (κ2) is 6.66. The van der Waals surface area contributed by atoms with Gasteiger partial charge in [0, 0.05) is 28.3 Å². The van der Waals surface area contributed by atoms with E-state index < -0.39 is 15.0 Å². The molecule has 0 saturated heterocycles. The van der Waals surface area contributed by atoms with Crippen molar-refractivity contribution in [2.45, 2.75) is 6.92 Å². The predicted octanol–water partition coefficient (Wildman–Crippen LogP) is -2.96. The van der Waals surface area contributed by atoms with Crippen LogP contribution in [0.15, 0.2) is 0 Å². The SMILES string of the molecule is CO[Si](OC)(OC)OC(C)=O.[H-].[Li+]. The van der Waals surface area contributed by atoms with Crippen LogP contribution in [0.4, 0.5) is 0 Å². The molecule has 0 N–H and O–H groups in total. The standard InChI is InChI=1S/C5H12O5Si.Li.H/c1-5(6)10-11(7-2,8-3)9-4;;/h1-4H3;;/q;+1;-1. The molecule has 0 bridgehead atoms. The third-order valence-corrected chi connectivity index (χ3v) is 3.06. The number of carbonyl (C=O) groups is 1. The van der Waals surface area contributed by atoms with E-state index in [4.69, 9.17) is 17.7 Å². The van der Waals surface area contributed by atoms with Crippen LogP contribution < -0.4 is 18.9 Å². The van der Waals surface area contributed by atoms with Gasteiger partial charge in [-0.3, -0.25) is 4.79 Å². The van der Waals surface area contributed by atoms with Gasteiger partial charge >= 0.3 is 27.9 Å². The zero-order valence-electron chi connectivity index (χ0n) is 9.04. The van der Waals surface area contributed by atoms with Crippen molar-refractivity contribution in [3.63, 3.8) is 0 Å². The Balaban J connectivity index is -0.000000500. The summed E-state index contributed by atoms with van der Waals surface area (Å²) in [6.45, 7) is 1.26. The van der Waals surface area contributed by atoms with Gasteiger partial charge in [0.25, 0.3) is 5.97 Å². The second-order valence-corrected chi connectivity index (χ2v) is 4.13. The average Bonchev–Trinajstić information content (AvgIpc) is 2.00. The van der Waals surface area contributed by atoms with E-state index >= 15 is 0 Å². The Morgan fingerprint density at radius 1 is 1.17 bits per heavy atom. The van der Waals surface area contributed by atoms with Gasteiger partial charge in [0.05, 0.1) is 0 Å². The van der Waals surface area contributed by atoms with Crippen LogP contribution in [0.1, 0.15) is 8.35 Å². The fourth-order valence-electron chi connectivity index (χ4n) is 0.551. The summed E-state index contributed by atoms with van der Waals surface area (Å²) in [5, 5.41) is 0. The van der Waals surface area contributed by atoms with Gasteiger partial charge in [-0.15, -0.1) is 0 Å². The first-order valence-corrected chi connectivity index (χ1v) is 4.58. The summed E-state index contributed by atoms with van der Waals surface area (Å²) in [6, 6.07) is 0. The van der Waals surface area contributed by atoms with Gasteiger partial charge in [0.15, 0.2) is 0 Å². The molecule has 7 heteroatoms. The average molecular weight is 188 g/mol. The van der Waals surface area contributed by atoms with Gasteiger partial charge in [-0.25, -0.2) is 0 Å². The molecule has 0 rings (SSSR count). The molecule has 0 aromatic carbocycles. The maximum atomic E-state index is 10.5. The zero-order chi connectivity index (χ0) is 8.91. The first-order chi connectivity index (χ1) is 5.10. The molecule has 0 atom stereocenters. The van der Waals surface area contributed by atoms with Crippen molar-refractivity contribution >= 4 is 15.0 Å². The van der Waals surface area contributed by atoms with Gasteiger partial charge in [-0.05, 0) is 0 Å². The molecule has 0 aliphatic rings. The van der Waals surface area contributed by atoms with E-state index in [1.807, 2.05) is 0 Å². The van der Waals surface area contributed by atoms with Gasteiger partial charge in [0.1, 0.15) is 0 Å². The fourth-order valence-corrected chi connectivity index (χ4v) is 1.65. The van der Waals surface area contributed by atoms with Crippen LogP contribution in [0.25, 0.3) is 0 Å². The van der Waals surface area contributed by atoms with Crippen molar-refractivity contribution in [3.8, 4) is 0 Å². The Kier molecular flexibility index (Phi) is 8.14. The molecule has 0 heterocycles. The molecule has 0 radical (unpaired) electrons. The molecule has 0 unspecified atom stereocenters. The van der Waals surface area contributed by atoms with Crippen molar-refractivity contribution in [2.24, 2.45) is 0 Å². The minimum Gasteiger partial charge on any atom is -1.00 e. The molecule has 0 aliphatic heterocycles. The van der Waals surface area contributed by atoms with Crippen LogP contribution in [0.2, 0.25) is 0 Å².